The van der Waals surface area contributed by atoms with E-state index in [1.807, 2.05) is 32.9 Å². The number of hydrogen-bond acceptors (Lipinski definition) is 4. The van der Waals surface area contributed by atoms with Crippen molar-refractivity contribution in [1.29, 1.82) is 0 Å². The highest BCUT2D eigenvalue weighted by molar-refractivity contribution is 6.03. The third-order valence-electron chi connectivity index (χ3n) is 4.09. The van der Waals surface area contributed by atoms with E-state index in [-0.39, 0.29) is 5.91 Å². The Hall–Kier alpha value is -2.43. The maximum absolute atomic E-state index is 12.6. The van der Waals surface area contributed by atoms with Gasteiger partial charge in [-0.05, 0) is 51.3 Å². The number of anilines is 2. The molecule has 1 aliphatic rings. The predicted molar refractivity (Wildman–Crippen MR) is 92.1 cm³/mol. The van der Waals surface area contributed by atoms with Crippen LogP contribution in [-0.2, 0) is 0 Å². The van der Waals surface area contributed by atoms with E-state index in [4.69, 9.17) is 0 Å². The van der Waals surface area contributed by atoms with Crippen LogP contribution in [0.5, 0.6) is 0 Å². The molecule has 1 amide bonds. The first-order valence-corrected chi connectivity index (χ1v) is 8.02. The first-order valence-electron chi connectivity index (χ1n) is 8.02. The van der Waals surface area contributed by atoms with Gasteiger partial charge in [0.2, 0.25) is 5.95 Å². The van der Waals surface area contributed by atoms with Crippen LogP contribution in [0.3, 0.4) is 0 Å². The molecule has 23 heavy (non-hydrogen) atoms. The van der Waals surface area contributed by atoms with Crippen LogP contribution in [0.15, 0.2) is 24.3 Å². The van der Waals surface area contributed by atoms with Crippen molar-refractivity contribution < 1.29 is 4.79 Å². The van der Waals surface area contributed by atoms with E-state index >= 15 is 0 Å². The van der Waals surface area contributed by atoms with Crippen molar-refractivity contribution in [3.8, 4) is 0 Å². The second kappa shape index (κ2) is 6.36. The van der Waals surface area contributed by atoms with E-state index in [0.29, 0.717) is 11.6 Å². The number of carbonyl (C=O) groups is 1. The Morgan fingerprint density at radius 1 is 1.09 bits per heavy atom. The number of rotatable bonds is 3. The minimum Gasteiger partial charge on any atom is -0.341 e. The molecule has 5 nitrogen and oxygen atoms in total. The monoisotopic (exact) mass is 310 g/mol. The number of carbonyl (C=O) groups excluding carboxylic acids is 1. The van der Waals surface area contributed by atoms with Gasteiger partial charge < -0.3 is 10.2 Å². The number of nitrogens with one attached hydrogen (secondary N) is 1. The average molecular weight is 310 g/mol. The molecule has 0 radical (unpaired) electrons. The molecule has 0 aliphatic carbocycles. The Morgan fingerprint density at radius 3 is 2.52 bits per heavy atom. The third kappa shape index (κ3) is 3.50. The molecular formula is C18H22N4O. The van der Waals surface area contributed by atoms with Crippen LogP contribution in [0.4, 0.5) is 11.6 Å². The van der Waals surface area contributed by atoms with Crippen molar-refractivity contribution in [2.45, 2.75) is 33.6 Å². The minimum atomic E-state index is -0.192. The molecule has 0 bridgehead atoms. The van der Waals surface area contributed by atoms with Crippen LogP contribution in [0.2, 0.25) is 0 Å². The van der Waals surface area contributed by atoms with E-state index in [1.54, 1.807) is 6.07 Å². The highest BCUT2D eigenvalue weighted by Gasteiger charge is 2.18. The van der Waals surface area contributed by atoms with Crippen LogP contribution in [-0.4, -0.2) is 29.0 Å². The van der Waals surface area contributed by atoms with Gasteiger partial charge in [-0.15, -0.1) is 0 Å². The molecular weight excluding hydrogens is 288 g/mol. The van der Waals surface area contributed by atoms with Crippen LogP contribution in [0.1, 0.15) is 40.2 Å². The second-order valence-electron chi connectivity index (χ2n) is 6.16. The Balaban J connectivity index is 1.84. The van der Waals surface area contributed by atoms with Crippen molar-refractivity contribution in [1.82, 2.24) is 9.97 Å². The number of hydrogen-bond donors (Lipinski definition) is 1. The van der Waals surface area contributed by atoms with E-state index in [9.17, 15) is 4.79 Å². The number of amides is 1. The second-order valence-corrected chi connectivity index (χ2v) is 6.16. The van der Waals surface area contributed by atoms with E-state index < -0.39 is 0 Å². The highest BCUT2D eigenvalue weighted by Crippen LogP contribution is 2.19. The molecule has 1 fully saturated rings. The van der Waals surface area contributed by atoms with E-state index in [0.717, 1.165) is 42.9 Å². The fourth-order valence-corrected chi connectivity index (χ4v) is 2.87. The minimum absolute atomic E-state index is 0.192. The zero-order chi connectivity index (χ0) is 16.4. The lowest BCUT2D eigenvalue weighted by atomic mass is 10.1. The predicted octanol–water partition coefficient (Wildman–Crippen LogP) is 3.25. The van der Waals surface area contributed by atoms with Gasteiger partial charge in [-0.25, -0.2) is 9.97 Å². The molecule has 0 unspecified atom stereocenters. The van der Waals surface area contributed by atoms with Gasteiger partial charge in [-0.2, -0.15) is 0 Å². The highest BCUT2D eigenvalue weighted by atomic mass is 16.1. The first-order chi connectivity index (χ1) is 11.0. The molecule has 2 heterocycles. The maximum Gasteiger partial charge on any atom is 0.274 e. The van der Waals surface area contributed by atoms with Crippen molar-refractivity contribution in [3.63, 3.8) is 0 Å². The molecule has 1 aliphatic heterocycles. The van der Waals surface area contributed by atoms with Crippen LogP contribution >= 0.6 is 0 Å². The quantitative estimate of drug-likeness (QED) is 0.945. The van der Waals surface area contributed by atoms with E-state index in [2.05, 4.69) is 26.3 Å². The van der Waals surface area contributed by atoms with Gasteiger partial charge in [0, 0.05) is 24.5 Å². The topological polar surface area (TPSA) is 58.1 Å². The van der Waals surface area contributed by atoms with Gasteiger partial charge in [-0.1, -0.05) is 17.7 Å². The summed E-state index contributed by atoms with van der Waals surface area (Å²) in [7, 11) is 0. The summed E-state index contributed by atoms with van der Waals surface area (Å²) < 4.78 is 0. The van der Waals surface area contributed by atoms with Crippen molar-refractivity contribution in [2.75, 3.05) is 23.3 Å². The Kier molecular flexibility index (Phi) is 4.28. The van der Waals surface area contributed by atoms with Gasteiger partial charge >= 0.3 is 0 Å². The van der Waals surface area contributed by atoms with Gasteiger partial charge in [0.15, 0.2) is 0 Å². The summed E-state index contributed by atoms with van der Waals surface area (Å²) in [4.78, 5) is 23.6. The van der Waals surface area contributed by atoms with Gasteiger partial charge in [0.1, 0.15) is 5.69 Å². The fourth-order valence-electron chi connectivity index (χ4n) is 2.87. The molecule has 1 N–H and O–H groups in total. The fraction of sp³-hybridized carbons (Fsp3) is 0.389. The van der Waals surface area contributed by atoms with Gasteiger partial charge in [-0.3, -0.25) is 4.79 Å². The summed E-state index contributed by atoms with van der Waals surface area (Å²) >= 11 is 0. The molecule has 5 heteroatoms. The molecule has 1 saturated heterocycles. The average Bonchev–Trinajstić information content (AvgIpc) is 3.04. The molecule has 2 aromatic rings. The summed E-state index contributed by atoms with van der Waals surface area (Å²) in [6.45, 7) is 7.84. The standard InChI is InChI=1S/C18H22N4O/c1-12-6-7-15(13(2)10-12)20-17(23)16-11-14(3)19-18(21-16)22-8-4-5-9-22/h6-7,10-11H,4-5,8-9H2,1-3H3,(H,20,23). The first kappa shape index (κ1) is 15.5. The van der Waals surface area contributed by atoms with Crippen LogP contribution < -0.4 is 10.2 Å². The Morgan fingerprint density at radius 2 is 1.83 bits per heavy atom. The molecule has 120 valence electrons. The van der Waals surface area contributed by atoms with Crippen LogP contribution in [0.25, 0.3) is 0 Å². The van der Waals surface area contributed by atoms with Crippen molar-refractivity contribution >= 4 is 17.5 Å². The molecule has 0 spiro atoms. The lowest BCUT2D eigenvalue weighted by Crippen LogP contribution is -2.23. The van der Waals surface area contributed by atoms with E-state index in [1.165, 1.54) is 5.56 Å². The van der Waals surface area contributed by atoms with Crippen LogP contribution in [0, 0.1) is 20.8 Å². The maximum atomic E-state index is 12.6. The molecule has 1 aromatic heterocycles. The van der Waals surface area contributed by atoms with Gasteiger partial charge in [0.05, 0.1) is 0 Å². The Labute approximate surface area is 136 Å². The van der Waals surface area contributed by atoms with Crippen molar-refractivity contribution in [3.05, 3.63) is 46.8 Å². The molecule has 3 rings (SSSR count). The normalized spacial score (nSPS) is 14.1. The molecule has 0 saturated carbocycles. The largest absolute Gasteiger partial charge is 0.341 e. The zero-order valence-electron chi connectivity index (χ0n) is 13.9. The van der Waals surface area contributed by atoms with Gasteiger partial charge in [0.25, 0.3) is 5.91 Å². The molecule has 0 atom stereocenters. The summed E-state index contributed by atoms with van der Waals surface area (Å²) in [6.07, 6.45) is 2.31. The lowest BCUT2D eigenvalue weighted by molar-refractivity contribution is 0.102. The van der Waals surface area contributed by atoms with Crippen molar-refractivity contribution in [2.24, 2.45) is 0 Å². The molecule has 1 aromatic carbocycles. The number of nitrogens with zero attached hydrogens (tertiary/aromatic N) is 3. The summed E-state index contributed by atoms with van der Waals surface area (Å²) in [5.74, 6) is 0.469. The summed E-state index contributed by atoms with van der Waals surface area (Å²) in [5.41, 5.74) is 4.27. The summed E-state index contributed by atoms with van der Waals surface area (Å²) in [5, 5.41) is 2.95. The lowest BCUT2D eigenvalue weighted by Gasteiger charge is -2.16. The number of benzene rings is 1. The summed E-state index contributed by atoms with van der Waals surface area (Å²) in [6, 6.07) is 7.70. The SMILES string of the molecule is Cc1ccc(NC(=O)c2cc(C)nc(N3CCCC3)n2)c(C)c1. The number of aryl methyl sites for hydroxylation is 3. The number of aromatic nitrogens is 2. The zero-order valence-corrected chi connectivity index (χ0v) is 13.9. The smallest absolute Gasteiger partial charge is 0.274 e. The Bertz CT molecular complexity index is 736. The third-order valence-corrected chi connectivity index (χ3v) is 4.09.